The van der Waals surface area contributed by atoms with E-state index in [-0.39, 0.29) is 5.56 Å². The minimum absolute atomic E-state index is 0.158. The van der Waals surface area contributed by atoms with Crippen molar-refractivity contribution >= 4 is 26.8 Å². The van der Waals surface area contributed by atoms with Crippen molar-refractivity contribution in [2.45, 2.75) is 6.92 Å². The molecule has 0 saturated heterocycles. The van der Waals surface area contributed by atoms with Gasteiger partial charge in [-0.15, -0.1) is 0 Å². The molecule has 0 aliphatic carbocycles. The maximum absolute atomic E-state index is 11.6. The van der Waals surface area contributed by atoms with Crippen LogP contribution in [0, 0.1) is 6.92 Å². The molecule has 0 atom stereocenters. The first kappa shape index (κ1) is 12.0. The summed E-state index contributed by atoms with van der Waals surface area (Å²) >= 11 is 3.50. The molecule has 0 fully saturated rings. The molecule has 4 nitrogen and oxygen atoms in total. The monoisotopic (exact) mass is 315 g/mol. The van der Waals surface area contributed by atoms with Crippen molar-refractivity contribution in [3.05, 3.63) is 57.0 Å². The molecule has 2 aromatic heterocycles. The van der Waals surface area contributed by atoms with Gasteiger partial charge in [-0.1, -0.05) is 22.0 Å². The van der Waals surface area contributed by atoms with Crippen molar-refractivity contribution in [3.8, 4) is 11.4 Å². The van der Waals surface area contributed by atoms with E-state index in [1.165, 1.54) is 6.07 Å². The van der Waals surface area contributed by atoms with Crippen molar-refractivity contribution in [1.82, 2.24) is 15.0 Å². The third-order valence-corrected chi connectivity index (χ3v) is 3.53. The molecule has 1 N–H and O–H groups in total. The van der Waals surface area contributed by atoms with Crippen LogP contribution in [0.4, 0.5) is 0 Å². The van der Waals surface area contributed by atoms with Gasteiger partial charge in [0.15, 0.2) is 0 Å². The van der Waals surface area contributed by atoms with Crippen LogP contribution >= 0.6 is 15.9 Å². The van der Waals surface area contributed by atoms with E-state index in [4.69, 9.17) is 0 Å². The number of hydrogen-bond acceptors (Lipinski definition) is 3. The van der Waals surface area contributed by atoms with E-state index in [1.54, 1.807) is 13.1 Å². The van der Waals surface area contributed by atoms with Crippen LogP contribution in [0.25, 0.3) is 22.3 Å². The molecule has 94 valence electrons. The summed E-state index contributed by atoms with van der Waals surface area (Å²) in [6, 6.07) is 9.16. The number of hydrogen-bond donors (Lipinski definition) is 1. The Bertz CT molecular complexity index is 826. The number of H-pyrrole nitrogens is 1. The lowest BCUT2D eigenvalue weighted by Gasteiger charge is -2.07. The van der Waals surface area contributed by atoms with E-state index in [0.29, 0.717) is 11.5 Å². The number of nitrogens with one attached hydrogen (secondary N) is 1. The summed E-state index contributed by atoms with van der Waals surface area (Å²) in [5.74, 6) is 0.543. The molecule has 0 radical (unpaired) electrons. The average molecular weight is 316 g/mol. The lowest BCUT2D eigenvalue weighted by atomic mass is 10.1. The summed E-state index contributed by atoms with van der Waals surface area (Å²) in [6.07, 6.45) is 1.73. The molecular formula is C14H10BrN3O. The fourth-order valence-electron chi connectivity index (χ4n) is 2.04. The number of halogens is 1. The molecule has 0 aliphatic rings. The van der Waals surface area contributed by atoms with Gasteiger partial charge in [0.1, 0.15) is 5.82 Å². The van der Waals surface area contributed by atoms with Crippen molar-refractivity contribution in [3.63, 3.8) is 0 Å². The first-order chi connectivity index (χ1) is 9.15. The second kappa shape index (κ2) is 4.59. The highest BCUT2D eigenvalue weighted by Crippen LogP contribution is 2.29. The van der Waals surface area contributed by atoms with Gasteiger partial charge in [0.2, 0.25) is 0 Å². The van der Waals surface area contributed by atoms with Gasteiger partial charge in [-0.2, -0.15) is 0 Å². The summed E-state index contributed by atoms with van der Waals surface area (Å²) in [6.45, 7) is 1.80. The van der Waals surface area contributed by atoms with Crippen LogP contribution in [0.1, 0.15) is 5.69 Å². The molecular weight excluding hydrogens is 306 g/mol. The zero-order valence-electron chi connectivity index (χ0n) is 10.1. The molecule has 0 unspecified atom stereocenters. The third-order valence-electron chi connectivity index (χ3n) is 2.84. The van der Waals surface area contributed by atoms with Crippen LogP contribution in [-0.2, 0) is 0 Å². The normalized spacial score (nSPS) is 10.8. The molecule has 5 heteroatoms. The highest BCUT2D eigenvalue weighted by Gasteiger charge is 2.09. The van der Waals surface area contributed by atoms with E-state index in [9.17, 15) is 4.79 Å². The molecule has 2 heterocycles. The number of benzene rings is 1. The Hall–Kier alpha value is -2.01. The predicted octanol–water partition coefficient (Wildman–Crippen LogP) is 3.06. The quantitative estimate of drug-likeness (QED) is 0.750. The summed E-state index contributed by atoms with van der Waals surface area (Å²) in [5, 5.41) is 0.990. The number of rotatable bonds is 1. The molecule has 0 amide bonds. The number of nitrogens with zero attached hydrogens (tertiary/aromatic N) is 2. The Balaban J connectivity index is 2.37. The van der Waals surface area contributed by atoms with Gasteiger partial charge in [-0.25, -0.2) is 4.98 Å². The van der Waals surface area contributed by atoms with Crippen molar-refractivity contribution in [2.75, 3.05) is 0 Å². The second-order valence-corrected chi connectivity index (χ2v) is 5.08. The van der Waals surface area contributed by atoms with Gasteiger partial charge in [0, 0.05) is 33.4 Å². The Labute approximate surface area is 117 Å². The highest BCUT2D eigenvalue weighted by atomic mass is 79.9. The first-order valence-corrected chi connectivity index (χ1v) is 6.56. The largest absolute Gasteiger partial charge is 0.306 e. The molecule has 0 saturated carbocycles. The van der Waals surface area contributed by atoms with Gasteiger partial charge < -0.3 is 4.98 Å². The smallest absolute Gasteiger partial charge is 0.251 e. The van der Waals surface area contributed by atoms with Crippen molar-refractivity contribution in [1.29, 1.82) is 0 Å². The van der Waals surface area contributed by atoms with Gasteiger partial charge in [0.05, 0.1) is 5.52 Å². The summed E-state index contributed by atoms with van der Waals surface area (Å²) in [4.78, 5) is 23.1. The maximum atomic E-state index is 11.6. The molecule has 0 spiro atoms. The van der Waals surface area contributed by atoms with Gasteiger partial charge in [0.25, 0.3) is 5.56 Å². The Kier molecular flexibility index (Phi) is 2.91. The van der Waals surface area contributed by atoms with E-state index < -0.39 is 0 Å². The maximum Gasteiger partial charge on any atom is 0.251 e. The topological polar surface area (TPSA) is 58.6 Å². The van der Waals surface area contributed by atoms with Crippen LogP contribution in [0.3, 0.4) is 0 Å². The zero-order valence-corrected chi connectivity index (χ0v) is 11.7. The van der Waals surface area contributed by atoms with Crippen LogP contribution in [0.2, 0.25) is 0 Å². The van der Waals surface area contributed by atoms with E-state index in [0.717, 1.165) is 20.9 Å². The SMILES string of the molecule is Cc1cc(=O)[nH]c(-c2ccc(Br)c3cccnc23)n1. The second-order valence-electron chi connectivity index (χ2n) is 4.23. The highest BCUT2D eigenvalue weighted by molar-refractivity contribution is 9.10. The zero-order chi connectivity index (χ0) is 13.4. The minimum Gasteiger partial charge on any atom is -0.306 e. The fraction of sp³-hybridized carbons (Fsp3) is 0.0714. The molecule has 0 bridgehead atoms. The summed E-state index contributed by atoms with van der Waals surface area (Å²) < 4.78 is 0.967. The summed E-state index contributed by atoms with van der Waals surface area (Å²) in [5.41, 5.74) is 2.16. The molecule has 19 heavy (non-hydrogen) atoms. The summed E-state index contributed by atoms with van der Waals surface area (Å²) in [7, 11) is 0. The predicted molar refractivity (Wildman–Crippen MR) is 78.0 cm³/mol. The lowest BCUT2D eigenvalue weighted by molar-refractivity contribution is 1.07. The fourth-order valence-corrected chi connectivity index (χ4v) is 2.49. The van der Waals surface area contributed by atoms with Crippen molar-refractivity contribution < 1.29 is 0 Å². The Morgan fingerprint density at radius 2 is 2.11 bits per heavy atom. The van der Waals surface area contributed by atoms with Gasteiger partial charge in [-0.3, -0.25) is 9.78 Å². The number of aryl methyl sites for hydroxylation is 1. The van der Waals surface area contributed by atoms with E-state index in [1.807, 2.05) is 24.3 Å². The van der Waals surface area contributed by atoms with Gasteiger partial charge >= 0.3 is 0 Å². The van der Waals surface area contributed by atoms with Crippen LogP contribution in [0.5, 0.6) is 0 Å². The van der Waals surface area contributed by atoms with E-state index in [2.05, 4.69) is 30.9 Å². The van der Waals surface area contributed by atoms with Crippen LogP contribution < -0.4 is 5.56 Å². The molecule has 3 rings (SSSR count). The Morgan fingerprint density at radius 1 is 1.26 bits per heavy atom. The average Bonchev–Trinajstić information content (AvgIpc) is 2.38. The number of pyridine rings is 1. The lowest BCUT2D eigenvalue weighted by Crippen LogP contribution is -2.08. The van der Waals surface area contributed by atoms with Gasteiger partial charge in [-0.05, 0) is 25.1 Å². The molecule has 1 aromatic carbocycles. The molecule has 0 aliphatic heterocycles. The number of aromatic nitrogens is 3. The Morgan fingerprint density at radius 3 is 2.89 bits per heavy atom. The standard InChI is InChI=1S/C14H10BrN3O/c1-8-7-12(19)18-14(17-8)10-4-5-11(15)9-3-2-6-16-13(9)10/h2-7H,1H3,(H,17,18,19). The van der Waals surface area contributed by atoms with E-state index >= 15 is 0 Å². The minimum atomic E-state index is -0.158. The van der Waals surface area contributed by atoms with Crippen molar-refractivity contribution in [2.24, 2.45) is 0 Å². The first-order valence-electron chi connectivity index (χ1n) is 5.77. The van der Waals surface area contributed by atoms with Crippen LogP contribution in [-0.4, -0.2) is 15.0 Å². The molecule has 3 aromatic rings. The number of fused-ring (bicyclic) bond motifs is 1. The van der Waals surface area contributed by atoms with Crippen LogP contribution in [0.15, 0.2) is 45.8 Å². The number of aromatic amines is 1. The third kappa shape index (κ3) is 2.17.